The highest BCUT2D eigenvalue weighted by Gasteiger charge is 2.44. The molecule has 1 saturated heterocycles. The van der Waals surface area contributed by atoms with E-state index in [1.165, 1.54) is 12.8 Å². The lowest BCUT2D eigenvalue weighted by atomic mass is 9.80. The van der Waals surface area contributed by atoms with Crippen molar-refractivity contribution >= 4 is 0 Å². The van der Waals surface area contributed by atoms with Crippen molar-refractivity contribution in [2.75, 3.05) is 26.3 Å². The standard InChI is InChI=1S/C33H43NO3/c1-2-13-27-20-23-34(32(21-11-12-22-32)25-36-30-18-7-4-8-19-30)24-31(27)37-26-33(35,29-16-9-10-17-29)28-14-5-3-6-15-28/h3-8,11-12,14-15,18-19,21-22,27,29,31,35H,2,9-10,13,16-17,20,23-26H2,1H3. The van der Waals surface area contributed by atoms with E-state index < -0.39 is 5.60 Å². The van der Waals surface area contributed by atoms with Crippen molar-refractivity contribution in [1.82, 2.24) is 4.90 Å². The molecule has 0 radical (unpaired) electrons. The first-order valence-corrected chi connectivity index (χ1v) is 14.3. The number of para-hydroxylation sites is 1. The fourth-order valence-corrected chi connectivity index (χ4v) is 6.65. The average Bonchev–Trinajstić information content (AvgIpc) is 3.66. The third kappa shape index (κ3) is 5.87. The number of hydrogen-bond donors (Lipinski definition) is 1. The van der Waals surface area contributed by atoms with Crippen LogP contribution in [-0.4, -0.2) is 48.0 Å². The van der Waals surface area contributed by atoms with Crippen LogP contribution in [0.15, 0.2) is 85.0 Å². The van der Waals surface area contributed by atoms with E-state index in [1.54, 1.807) is 0 Å². The molecular weight excluding hydrogens is 458 g/mol. The number of allylic oxidation sites excluding steroid dienone is 2. The van der Waals surface area contributed by atoms with Gasteiger partial charge >= 0.3 is 0 Å². The van der Waals surface area contributed by atoms with Crippen molar-refractivity contribution in [2.24, 2.45) is 11.8 Å². The lowest BCUT2D eigenvalue weighted by molar-refractivity contribution is -0.138. The van der Waals surface area contributed by atoms with Crippen molar-refractivity contribution < 1.29 is 14.6 Å². The number of nitrogens with zero attached hydrogens (tertiary/aromatic N) is 1. The zero-order chi connectivity index (χ0) is 25.6. The molecule has 0 amide bonds. The van der Waals surface area contributed by atoms with Gasteiger partial charge in [0.05, 0.1) is 18.2 Å². The molecule has 3 aliphatic rings. The lowest BCUT2D eigenvalue weighted by Gasteiger charge is -2.47. The van der Waals surface area contributed by atoms with Crippen LogP contribution in [0.3, 0.4) is 0 Å². The second-order valence-corrected chi connectivity index (χ2v) is 11.2. The van der Waals surface area contributed by atoms with Crippen LogP contribution < -0.4 is 4.74 Å². The molecule has 0 bridgehead atoms. The molecule has 1 heterocycles. The predicted octanol–water partition coefficient (Wildman–Crippen LogP) is 6.52. The first-order valence-electron chi connectivity index (χ1n) is 14.3. The minimum absolute atomic E-state index is 0.0846. The van der Waals surface area contributed by atoms with Gasteiger partial charge in [0.2, 0.25) is 0 Å². The van der Waals surface area contributed by atoms with Gasteiger partial charge in [-0.3, -0.25) is 4.90 Å². The summed E-state index contributed by atoms with van der Waals surface area (Å²) < 4.78 is 13.1. The quantitative estimate of drug-likeness (QED) is 0.381. The molecule has 198 valence electrons. The van der Waals surface area contributed by atoms with Gasteiger partial charge in [0, 0.05) is 6.54 Å². The van der Waals surface area contributed by atoms with Gasteiger partial charge in [-0.05, 0) is 61.8 Å². The maximum Gasteiger partial charge on any atom is 0.119 e. The van der Waals surface area contributed by atoms with Crippen LogP contribution in [0.2, 0.25) is 0 Å². The van der Waals surface area contributed by atoms with E-state index in [2.05, 4.69) is 48.3 Å². The van der Waals surface area contributed by atoms with Gasteiger partial charge < -0.3 is 14.6 Å². The minimum Gasteiger partial charge on any atom is -0.491 e. The summed E-state index contributed by atoms with van der Waals surface area (Å²) in [7, 11) is 0. The molecule has 5 rings (SSSR count). The van der Waals surface area contributed by atoms with Gasteiger partial charge in [0.25, 0.3) is 0 Å². The molecule has 1 saturated carbocycles. The Balaban J connectivity index is 1.32. The molecule has 3 unspecified atom stereocenters. The highest BCUT2D eigenvalue weighted by atomic mass is 16.5. The van der Waals surface area contributed by atoms with Gasteiger partial charge in [0.15, 0.2) is 0 Å². The molecule has 4 heteroatoms. The van der Waals surface area contributed by atoms with Crippen LogP contribution >= 0.6 is 0 Å². The molecule has 2 aromatic rings. The number of rotatable bonds is 11. The Hall–Kier alpha value is -2.40. The Bertz CT molecular complexity index is 1020. The number of piperidine rings is 1. The van der Waals surface area contributed by atoms with E-state index in [0.29, 0.717) is 19.1 Å². The molecule has 37 heavy (non-hydrogen) atoms. The summed E-state index contributed by atoms with van der Waals surface area (Å²) in [5, 5.41) is 12.1. The molecule has 2 aliphatic carbocycles. The molecule has 2 aromatic carbocycles. The van der Waals surface area contributed by atoms with Gasteiger partial charge in [0.1, 0.15) is 18.0 Å². The molecule has 3 atom stereocenters. The van der Waals surface area contributed by atoms with Crippen molar-refractivity contribution in [2.45, 2.75) is 69.1 Å². The summed E-state index contributed by atoms with van der Waals surface area (Å²) in [4.78, 5) is 2.53. The van der Waals surface area contributed by atoms with Crippen LogP contribution in [0.4, 0.5) is 0 Å². The van der Waals surface area contributed by atoms with Crippen molar-refractivity contribution in [3.05, 3.63) is 90.5 Å². The normalized spacial score (nSPS) is 25.4. The molecule has 4 nitrogen and oxygen atoms in total. The lowest BCUT2D eigenvalue weighted by Crippen LogP contribution is -2.57. The first-order chi connectivity index (χ1) is 18.1. The van der Waals surface area contributed by atoms with E-state index in [1.807, 2.05) is 48.5 Å². The van der Waals surface area contributed by atoms with Crippen LogP contribution in [0.25, 0.3) is 0 Å². The second kappa shape index (κ2) is 12.0. The zero-order valence-corrected chi connectivity index (χ0v) is 22.3. The third-order valence-electron chi connectivity index (χ3n) is 8.86. The maximum atomic E-state index is 12.1. The Morgan fingerprint density at radius 3 is 2.30 bits per heavy atom. The first kappa shape index (κ1) is 26.2. The maximum absolute atomic E-state index is 12.1. The summed E-state index contributed by atoms with van der Waals surface area (Å²) in [6.07, 6.45) is 16.8. The van der Waals surface area contributed by atoms with E-state index in [0.717, 1.165) is 56.5 Å². The SMILES string of the molecule is CCCC1CCN(C2(COc3ccccc3)C=CC=C2)CC1OCC(O)(c1ccccc1)C1CCCC1. The Labute approximate surface area is 223 Å². The highest BCUT2D eigenvalue weighted by Crippen LogP contribution is 2.42. The smallest absolute Gasteiger partial charge is 0.119 e. The summed E-state index contributed by atoms with van der Waals surface area (Å²) in [5.74, 6) is 1.66. The van der Waals surface area contributed by atoms with Gasteiger partial charge in [-0.2, -0.15) is 0 Å². The molecule has 1 N–H and O–H groups in total. The summed E-state index contributed by atoms with van der Waals surface area (Å²) >= 11 is 0. The van der Waals surface area contributed by atoms with Crippen LogP contribution in [-0.2, 0) is 10.3 Å². The van der Waals surface area contributed by atoms with Crippen LogP contribution in [0.5, 0.6) is 5.75 Å². The zero-order valence-electron chi connectivity index (χ0n) is 22.3. The third-order valence-corrected chi connectivity index (χ3v) is 8.86. The average molecular weight is 502 g/mol. The molecule has 0 aromatic heterocycles. The summed E-state index contributed by atoms with van der Waals surface area (Å²) in [6, 6.07) is 20.3. The van der Waals surface area contributed by atoms with Gasteiger partial charge in [-0.15, -0.1) is 0 Å². The number of likely N-dealkylation sites (tertiary alicyclic amines) is 1. The Morgan fingerprint density at radius 1 is 0.946 bits per heavy atom. The second-order valence-electron chi connectivity index (χ2n) is 11.2. The predicted molar refractivity (Wildman–Crippen MR) is 150 cm³/mol. The van der Waals surface area contributed by atoms with E-state index in [-0.39, 0.29) is 17.6 Å². The van der Waals surface area contributed by atoms with Crippen LogP contribution in [0, 0.1) is 11.8 Å². The summed E-state index contributed by atoms with van der Waals surface area (Å²) in [5.41, 5.74) is -0.204. The molecular formula is C33H43NO3. The van der Waals surface area contributed by atoms with Crippen molar-refractivity contribution in [3.8, 4) is 5.75 Å². The summed E-state index contributed by atoms with van der Waals surface area (Å²) in [6.45, 7) is 5.06. The number of ether oxygens (including phenoxy) is 2. The van der Waals surface area contributed by atoms with Crippen molar-refractivity contribution in [3.63, 3.8) is 0 Å². The van der Waals surface area contributed by atoms with Gasteiger partial charge in [-0.1, -0.05) is 99.0 Å². The van der Waals surface area contributed by atoms with E-state index >= 15 is 0 Å². The fraction of sp³-hybridized carbons (Fsp3) is 0.515. The molecule has 2 fully saturated rings. The molecule has 1 aliphatic heterocycles. The van der Waals surface area contributed by atoms with E-state index in [9.17, 15) is 5.11 Å². The Kier molecular flexibility index (Phi) is 8.49. The van der Waals surface area contributed by atoms with Gasteiger partial charge in [-0.25, -0.2) is 0 Å². The Morgan fingerprint density at radius 2 is 1.62 bits per heavy atom. The highest BCUT2D eigenvalue weighted by molar-refractivity contribution is 5.32. The minimum atomic E-state index is -0.932. The fourth-order valence-electron chi connectivity index (χ4n) is 6.65. The van der Waals surface area contributed by atoms with Crippen molar-refractivity contribution in [1.29, 1.82) is 0 Å². The number of hydrogen-bond acceptors (Lipinski definition) is 4. The van der Waals surface area contributed by atoms with Crippen LogP contribution in [0.1, 0.15) is 57.4 Å². The topological polar surface area (TPSA) is 41.9 Å². The largest absolute Gasteiger partial charge is 0.491 e. The monoisotopic (exact) mass is 501 g/mol. The number of aliphatic hydroxyl groups is 1. The number of benzene rings is 2. The molecule has 0 spiro atoms. The van der Waals surface area contributed by atoms with E-state index in [4.69, 9.17) is 9.47 Å².